The number of amides is 1. The van der Waals surface area contributed by atoms with Gasteiger partial charge < -0.3 is 10.0 Å². The van der Waals surface area contributed by atoms with E-state index in [1.165, 1.54) is 4.90 Å². The van der Waals surface area contributed by atoms with Crippen LogP contribution in [0, 0.1) is 5.92 Å². The molecule has 0 aliphatic rings. The molecule has 104 valence electrons. The van der Waals surface area contributed by atoms with E-state index in [-0.39, 0.29) is 12.5 Å². The van der Waals surface area contributed by atoms with E-state index in [2.05, 4.69) is 4.98 Å². The van der Waals surface area contributed by atoms with E-state index >= 15 is 0 Å². The summed E-state index contributed by atoms with van der Waals surface area (Å²) in [5.41, 5.74) is 1.36. The maximum absolute atomic E-state index is 12.3. The molecule has 0 radical (unpaired) electrons. The number of aromatic nitrogens is 1. The van der Waals surface area contributed by atoms with Gasteiger partial charge in [0.2, 0.25) is 0 Å². The first-order chi connectivity index (χ1) is 9.49. The van der Waals surface area contributed by atoms with Gasteiger partial charge in [0.25, 0.3) is 5.91 Å². The van der Waals surface area contributed by atoms with Crippen molar-refractivity contribution in [1.29, 1.82) is 0 Å². The summed E-state index contributed by atoms with van der Waals surface area (Å²) < 4.78 is 0. The summed E-state index contributed by atoms with van der Waals surface area (Å²) in [5, 5.41) is 9.77. The number of hydrogen-bond acceptors (Lipinski definition) is 3. The summed E-state index contributed by atoms with van der Waals surface area (Å²) in [4.78, 5) is 28.7. The highest BCUT2D eigenvalue weighted by molar-refractivity contribution is 5.97. The number of pyridine rings is 1. The molecule has 0 bridgehead atoms. The SMILES string of the molecule is CC(CN(C)C(=O)c1ccc2ncccc2c1)C(=O)O. The highest BCUT2D eigenvalue weighted by Gasteiger charge is 2.18. The van der Waals surface area contributed by atoms with Gasteiger partial charge in [0.05, 0.1) is 11.4 Å². The van der Waals surface area contributed by atoms with Gasteiger partial charge in [-0.1, -0.05) is 13.0 Å². The second-order valence-electron chi connectivity index (χ2n) is 4.84. The predicted octanol–water partition coefficient (Wildman–Crippen LogP) is 2.03. The number of fused-ring (bicyclic) bond motifs is 1. The summed E-state index contributed by atoms with van der Waals surface area (Å²) in [6.45, 7) is 1.76. The van der Waals surface area contributed by atoms with Crippen molar-refractivity contribution in [3.63, 3.8) is 0 Å². The molecule has 5 nitrogen and oxygen atoms in total. The zero-order chi connectivity index (χ0) is 14.7. The summed E-state index contributed by atoms with van der Waals surface area (Å²) in [5.74, 6) is -1.69. The Morgan fingerprint density at radius 1 is 1.35 bits per heavy atom. The van der Waals surface area contributed by atoms with Crippen LogP contribution in [0.5, 0.6) is 0 Å². The predicted molar refractivity (Wildman–Crippen MR) is 75.5 cm³/mol. The lowest BCUT2D eigenvalue weighted by atomic mass is 10.1. The molecule has 1 N–H and O–H groups in total. The lowest BCUT2D eigenvalue weighted by Crippen LogP contribution is -2.33. The van der Waals surface area contributed by atoms with Gasteiger partial charge in [0.15, 0.2) is 0 Å². The Hall–Kier alpha value is -2.43. The zero-order valence-electron chi connectivity index (χ0n) is 11.4. The highest BCUT2D eigenvalue weighted by atomic mass is 16.4. The second-order valence-corrected chi connectivity index (χ2v) is 4.84. The van der Waals surface area contributed by atoms with Crippen LogP contribution in [0.2, 0.25) is 0 Å². The van der Waals surface area contributed by atoms with Crippen LogP contribution in [0.3, 0.4) is 0 Å². The van der Waals surface area contributed by atoms with Gasteiger partial charge in [-0.25, -0.2) is 0 Å². The average Bonchev–Trinajstić information content (AvgIpc) is 2.45. The van der Waals surface area contributed by atoms with E-state index in [0.29, 0.717) is 5.56 Å². The molecule has 20 heavy (non-hydrogen) atoms. The molecule has 2 rings (SSSR count). The van der Waals surface area contributed by atoms with Crippen molar-refractivity contribution in [3.05, 3.63) is 42.1 Å². The molecule has 1 aromatic carbocycles. The van der Waals surface area contributed by atoms with Crippen LogP contribution < -0.4 is 0 Å². The van der Waals surface area contributed by atoms with Crippen LogP contribution in [-0.4, -0.2) is 40.5 Å². The quantitative estimate of drug-likeness (QED) is 0.924. The number of carbonyl (C=O) groups is 2. The Balaban J connectivity index is 2.20. The third kappa shape index (κ3) is 2.93. The van der Waals surface area contributed by atoms with E-state index < -0.39 is 11.9 Å². The van der Waals surface area contributed by atoms with Crippen molar-refractivity contribution in [2.75, 3.05) is 13.6 Å². The van der Waals surface area contributed by atoms with Crippen LogP contribution in [-0.2, 0) is 4.79 Å². The average molecular weight is 272 g/mol. The summed E-state index contributed by atoms with van der Waals surface area (Å²) in [6.07, 6.45) is 1.70. The molecule has 1 amide bonds. The molecule has 0 saturated carbocycles. The fourth-order valence-corrected chi connectivity index (χ4v) is 2.00. The highest BCUT2D eigenvalue weighted by Crippen LogP contribution is 2.15. The largest absolute Gasteiger partial charge is 0.481 e. The number of carboxylic acid groups (broad SMARTS) is 1. The first-order valence-electron chi connectivity index (χ1n) is 6.32. The van der Waals surface area contributed by atoms with Crippen molar-refractivity contribution < 1.29 is 14.7 Å². The minimum atomic E-state index is -0.910. The maximum Gasteiger partial charge on any atom is 0.308 e. The van der Waals surface area contributed by atoms with E-state index in [4.69, 9.17) is 5.11 Å². The first-order valence-corrected chi connectivity index (χ1v) is 6.32. The molecule has 0 aliphatic heterocycles. The minimum Gasteiger partial charge on any atom is -0.481 e. The fraction of sp³-hybridized carbons (Fsp3) is 0.267. The van der Waals surface area contributed by atoms with Crippen molar-refractivity contribution in [2.24, 2.45) is 5.92 Å². The molecule has 1 atom stereocenters. The molecule has 0 fully saturated rings. The van der Waals surface area contributed by atoms with Crippen molar-refractivity contribution in [2.45, 2.75) is 6.92 Å². The van der Waals surface area contributed by atoms with E-state index in [1.54, 1.807) is 38.4 Å². The monoisotopic (exact) mass is 272 g/mol. The van der Waals surface area contributed by atoms with E-state index in [9.17, 15) is 9.59 Å². The molecule has 0 aliphatic carbocycles. The number of rotatable bonds is 4. The topological polar surface area (TPSA) is 70.5 Å². The number of aliphatic carboxylic acids is 1. The van der Waals surface area contributed by atoms with E-state index in [0.717, 1.165) is 10.9 Å². The van der Waals surface area contributed by atoms with Gasteiger partial charge in [-0.05, 0) is 24.3 Å². The molecule has 0 saturated heterocycles. The number of nitrogens with zero attached hydrogens (tertiary/aromatic N) is 2. The summed E-state index contributed by atoms with van der Waals surface area (Å²) in [6, 6.07) is 8.97. The molecule has 1 aromatic heterocycles. The molecule has 2 aromatic rings. The molecule has 5 heteroatoms. The third-order valence-corrected chi connectivity index (χ3v) is 3.17. The molecular formula is C15H16N2O3. The smallest absolute Gasteiger partial charge is 0.308 e. The van der Waals surface area contributed by atoms with Gasteiger partial charge >= 0.3 is 5.97 Å². The van der Waals surface area contributed by atoms with Crippen LogP contribution in [0.25, 0.3) is 10.9 Å². The van der Waals surface area contributed by atoms with Gasteiger partial charge in [-0.2, -0.15) is 0 Å². The molecule has 0 spiro atoms. The number of carbonyl (C=O) groups excluding carboxylic acids is 1. The molecule has 1 unspecified atom stereocenters. The van der Waals surface area contributed by atoms with Gasteiger partial charge in [0.1, 0.15) is 0 Å². The molecule has 1 heterocycles. The maximum atomic E-state index is 12.3. The number of carboxylic acids is 1. The zero-order valence-corrected chi connectivity index (χ0v) is 11.4. The minimum absolute atomic E-state index is 0.180. The van der Waals surface area contributed by atoms with Crippen LogP contribution >= 0.6 is 0 Å². The van der Waals surface area contributed by atoms with Crippen molar-refractivity contribution in [1.82, 2.24) is 9.88 Å². The van der Waals surface area contributed by atoms with Crippen LogP contribution in [0.4, 0.5) is 0 Å². The number of benzene rings is 1. The first kappa shape index (κ1) is 14.0. The Labute approximate surface area is 116 Å². The second kappa shape index (κ2) is 5.69. The lowest BCUT2D eigenvalue weighted by Gasteiger charge is -2.19. The van der Waals surface area contributed by atoms with Gasteiger partial charge in [-0.3, -0.25) is 14.6 Å². The normalized spacial score (nSPS) is 12.1. The van der Waals surface area contributed by atoms with Gasteiger partial charge in [-0.15, -0.1) is 0 Å². The Morgan fingerprint density at radius 3 is 2.80 bits per heavy atom. The lowest BCUT2D eigenvalue weighted by molar-refractivity contribution is -0.141. The van der Waals surface area contributed by atoms with E-state index in [1.807, 2.05) is 12.1 Å². The third-order valence-electron chi connectivity index (χ3n) is 3.17. The Bertz CT molecular complexity index is 654. The Morgan fingerprint density at radius 2 is 2.10 bits per heavy atom. The van der Waals surface area contributed by atoms with Crippen LogP contribution in [0.15, 0.2) is 36.5 Å². The number of hydrogen-bond donors (Lipinski definition) is 1. The van der Waals surface area contributed by atoms with Crippen molar-refractivity contribution >= 4 is 22.8 Å². The Kier molecular flexibility index (Phi) is 3.98. The van der Waals surface area contributed by atoms with Crippen LogP contribution in [0.1, 0.15) is 17.3 Å². The summed E-state index contributed by atoms with van der Waals surface area (Å²) >= 11 is 0. The van der Waals surface area contributed by atoms with Crippen molar-refractivity contribution in [3.8, 4) is 0 Å². The molecular weight excluding hydrogens is 256 g/mol. The fourth-order valence-electron chi connectivity index (χ4n) is 2.00. The standard InChI is InChI=1S/C15H16N2O3/c1-10(15(19)20)9-17(2)14(18)12-5-6-13-11(8-12)4-3-7-16-13/h3-8,10H,9H2,1-2H3,(H,19,20). The van der Waals surface area contributed by atoms with Gasteiger partial charge in [0, 0.05) is 30.7 Å². The summed E-state index contributed by atoms with van der Waals surface area (Å²) in [7, 11) is 1.61.